The van der Waals surface area contributed by atoms with Crippen molar-refractivity contribution < 1.29 is 19.0 Å². The lowest BCUT2D eigenvalue weighted by Gasteiger charge is -2.10. The molecule has 9 nitrogen and oxygen atoms in total. The van der Waals surface area contributed by atoms with Crippen LogP contribution in [0.2, 0.25) is 5.02 Å². The van der Waals surface area contributed by atoms with Gasteiger partial charge in [-0.05, 0) is 24.6 Å². The highest BCUT2D eigenvalue weighted by Gasteiger charge is 2.18. The fourth-order valence-electron chi connectivity index (χ4n) is 3.26. The molecule has 0 aliphatic rings. The third-order valence-electron chi connectivity index (χ3n) is 4.90. The van der Waals surface area contributed by atoms with Crippen LogP contribution >= 0.6 is 11.6 Å². The molecule has 0 aliphatic carbocycles. The van der Waals surface area contributed by atoms with Crippen LogP contribution in [0.15, 0.2) is 59.9 Å². The van der Waals surface area contributed by atoms with Gasteiger partial charge >= 0.3 is 5.97 Å². The number of methoxy groups -OCH3 is 1. The van der Waals surface area contributed by atoms with Gasteiger partial charge in [-0.3, -0.25) is 9.56 Å². The monoisotopic (exact) mass is 481 g/mol. The summed E-state index contributed by atoms with van der Waals surface area (Å²) in [6.07, 6.45) is 4.76. The normalized spacial score (nSPS) is 11.5. The van der Waals surface area contributed by atoms with Gasteiger partial charge in [0, 0.05) is 19.5 Å². The van der Waals surface area contributed by atoms with Crippen molar-refractivity contribution >= 4 is 40.5 Å². The Balaban J connectivity index is 1.73. The Morgan fingerprint density at radius 1 is 1.21 bits per heavy atom. The lowest BCUT2D eigenvalue weighted by molar-refractivity contribution is 0.0356. The van der Waals surface area contributed by atoms with Gasteiger partial charge in [-0.2, -0.15) is 5.10 Å². The van der Waals surface area contributed by atoms with Crippen molar-refractivity contribution in [2.45, 2.75) is 13.7 Å². The average molecular weight is 482 g/mol. The van der Waals surface area contributed by atoms with E-state index in [1.807, 2.05) is 41.0 Å². The van der Waals surface area contributed by atoms with Crippen LogP contribution in [0.1, 0.15) is 22.8 Å². The second-order valence-corrected chi connectivity index (χ2v) is 7.63. The minimum atomic E-state index is -0.451. The fraction of sp³-hybridized carbons (Fsp3) is 0.250. The van der Waals surface area contributed by atoms with Gasteiger partial charge in [0.1, 0.15) is 6.73 Å². The molecule has 0 radical (unpaired) electrons. The van der Waals surface area contributed by atoms with Crippen LogP contribution in [0.25, 0.3) is 17.0 Å². The van der Waals surface area contributed by atoms with Crippen LogP contribution < -0.4 is 0 Å². The van der Waals surface area contributed by atoms with Crippen molar-refractivity contribution in [1.82, 2.24) is 19.3 Å². The standard InChI is InChI=1S/C24H24ClN5O4/c1-3-34-23(31)18-14-27-30(15-18)24-28-21-12-20(26-13-17-7-5-4-6-8-17)19(25)11-22(21)29(24)16-33-10-9-32-2/h4-8,11-15H,3,9-10,16H2,1-2H3. The van der Waals surface area contributed by atoms with Gasteiger partial charge in [-0.1, -0.05) is 41.9 Å². The molecule has 0 amide bonds. The Morgan fingerprint density at radius 2 is 2.03 bits per heavy atom. The van der Waals surface area contributed by atoms with E-state index in [0.717, 1.165) is 11.1 Å². The first kappa shape index (κ1) is 23.6. The van der Waals surface area contributed by atoms with E-state index in [-0.39, 0.29) is 13.3 Å². The van der Waals surface area contributed by atoms with E-state index in [2.05, 4.69) is 10.1 Å². The molecule has 4 rings (SSSR count). The molecule has 2 aromatic carbocycles. The van der Waals surface area contributed by atoms with Gasteiger partial charge < -0.3 is 14.2 Å². The topological polar surface area (TPSA) is 92.8 Å². The lowest BCUT2D eigenvalue weighted by Crippen LogP contribution is -2.12. The molecular weight excluding hydrogens is 458 g/mol. The number of carbonyl (C=O) groups excluding carboxylic acids is 1. The van der Waals surface area contributed by atoms with Crippen molar-refractivity contribution in [2.75, 3.05) is 26.9 Å². The van der Waals surface area contributed by atoms with Crippen LogP contribution in [-0.2, 0) is 20.9 Å². The number of hydrogen-bond acceptors (Lipinski definition) is 7. The summed E-state index contributed by atoms with van der Waals surface area (Å²) in [5, 5.41) is 4.77. The molecule has 0 aliphatic heterocycles. The summed E-state index contributed by atoms with van der Waals surface area (Å²) in [7, 11) is 1.61. The average Bonchev–Trinajstić information content (AvgIpc) is 3.46. The molecule has 10 heteroatoms. The van der Waals surface area contributed by atoms with Crippen molar-refractivity contribution in [3.05, 3.63) is 71.0 Å². The molecule has 0 atom stereocenters. The summed E-state index contributed by atoms with van der Waals surface area (Å²) in [5.74, 6) is 0.0107. The second-order valence-electron chi connectivity index (χ2n) is 7.23. The molecule has 0 spiro atoms. The number of rotatable bonds is 10. The van der Waals surface area contributed by atoms with Crippen molar-refractivity contribution in [2.24, 2.45) is 4.99 Å². The molecular formula is C24H24ClN5O4. The molecule has 2 heterocycles. The number of esters is 1. The van der Waals surface area contributed by atoms with E-state index in [9.17, 15) is 4.79 Å². The van der Waals surface area contributed by atoms with Crippen molar-refractivity contribution in [3.8, 4) is 5.95 Å². The van der Waals surface area contributed by atoms with Crippen molar-refractivity contribution in [3.63, 3.8) is 0 Å². The lowest BCUT2D eigenvalue weighted by atomic mass is 10.2. The number of ether oxygens (including phenoxy) is 3. The van der Waals surface area contributed by atoms with Gasteiger partial charge in [-0.15, -0.1) is 0 Å². The zero-order valence-corrected chi connectivity index (χ0v) is 19.6. The first-order chi connectivity index (χ1) is 16.6. The molecule has 0 bridgehead atoms. The summed E-state index contributed by atoms with van der Waals surface area (Å²) in [6, 6.07) is 13.3. The largest absolute Gasteiger partial charge is 0.462 e. The number of fused-ring (bicyclic) bond motifs is 1. The van der Waals surface area contributed by atoms with Crippen LogP contribution in [0.5, 0.6) is 0 Å². The number of imidazole rings is 1. The van der Waals surface area contributed by atoms with Crippen LogP contribution in [0.3, 0.4) is 0 Å². The van der Waals surface area contributed by atoms with E-state index in [1.54, 1.807) is 32.5 Å². The number of nitrogens with zero attached hydrogens (tertiary/aromatic N) is 5. The molecule has 0 saturated carbocycles. The number of carbonyl (C=O) groups is 1. The molecule has 34 heavy (non-hydrogen) atoms. The zero-order chi connectivity index (χ0) is 23.9. The molecule has 0 saturated heterocycles. The van der Waals surface area contributed by atoms with E-state index in [4.69, 9.17) is 30.8 Å². The maximum Gasteiger partial charge on any atom is 0.341 e. The van der Waals surface area contributed by atoms with Gasteiger partial charge in [0.15, 0.2) is 0 Å². The second kappa shape index (κ2) is 11.1. The molecule has 176 valence electrons. The molecule has 4 aromatic rings. The van der Waals surface area contributed by atoms with E-state index in [1.165, 1.54) is 10.9 Å². The highest BCUT2D eigenvalue weighted by molar-refractivity contribution is 6.33. The highest BCUT2D eigenvalue weighted by atomic mass is 35.5. The van der Waals surface area contributed by atoms with E-state index < -0.39 is 5.97 Å². The first-order valence-corrected chi connectivity index (χ1v) is 11.1. The molecule has 2 aromatic heterocycles. The Hall–Kier alpha value is -3.53. The minimum Gasteiger partial charge on any atom is -0.462 e. The van der Waals surface area contributed by atoms with Crippen LogP contribution in [-0.4, -0.2) is 58.4 Å². The third kappa shape index (κ3) is 5.33. The van der Waals surface area contributed by atoms with Crippen molar-refractivity contribution in [1.29, 1.82) is 0 Å². The van der Waals surface area contributed by atoms with Crippen LogP contribution in [0, 0.1) is 0 Å². The molecule has 0 unspecified atom stereocenters. The summed E-state index contributed by atoms with van der Waals surface area (Å²) < 4.78 is 19.2. The predicted octanol–water partition coefficient (Wildman–Crippen LogP) is 4.42. The zero-order valence-electron chi connectivity index (χ0n) is 18.8. The Bertz CT molecular complexity index is 1300. The smallest absolute Gasteiger partial charge is 0.341 e. The SMILES string of the molecule is CCOC(=O)c1cnn(-c2nc3cc(N=Cc4ccccc4)c(Cl)cc3n2COCCOC)c1. The van der Waals surface area contributed by atoms with Gasteiger partial charge in [0.25, 0.3) is 0 Å². The van der Waals surface area contributed by atoms with E-state index in [0.29, 0.717) is 41.0 Å². The van der Waals surface area contributed by atoms with E-state index >= 15 is 0 Å². The maximum atomic E-state index is 12.1. The molecule has 0 fully saturated rings. The number of benzene rings is 2. The maximum absolute atomic E-state index is 12.1. The molecule has 0 N–H and O–H groups in total. The number of aromatic nitrogens is 4. The summed E-state index contributed by atoms with van der Waals surface area (Å²) in [4.78, 5) is 21.4. The first-order valence-electron chi connectivity index (χ1n) is 10.7. The third-order valence-corrected chi connectivity index (χ3v) is 5.20. The minimum absolute atomic E-state index is 0.187. The Morgan fingerprint density at radius 3 is 2.79 bits per heavy atom. The fourth-order valence-corrected chi connectivity index (χ4v) is 3.46. The number of halogens is 1. The quantitative estimate of drug-likeness (QED) is 0.189. The summed E-state index contributed by atoms with van der Waals surface area (Å²) in [5.41, 5.74) is 3.26. The van der Waals surface area contributed by atoms with Gasteiger partial charge in [-0.25, -0.2) is 14.5 Å². The van der Waals surface area contributed by atoms with Crippen LogP contribution in [0.4, 0.5) is 5.69 Å². The Kier molecular flexibility index (Phi) is 7.69. The predicted molar refractivity (Wildman–Crippen MR) is 129 cm³/mol. The number of aliphatic imine (C=N–C) groups is 1. The van der Waals surface area contributed by atoms with Gasteiger partial charge in [0.2, 0.25) is 5.95 Å². The number of hydrogen-bond donors (Lipinski definition) is 0. The summed E-state index contributed by atoms with van der Waals surface area (Å²) >= 11 is 6.56. The highest BCUT2D eigenvalue weighted by Crippen LogP contribution is 2.31. The van der Waals surface area contributed by atoms with Gasteiger partial charge in [0.05, 0.1) is 53.3 Å². The summed E-state index contributed by atoms with van der Waals surface area (Å²) in [6.45, 7) is 3.07. The Labute approximate surface area is 201 Å².